The van der Waals surface area contributed by atoms with Gasteiger partial charge in [0.1, 0.15) is 12.4 Å². The smallest absolute Gasteiger partial charge is 0.257 e. The van der Waals surface area contributed by atoms with Crippen LogP contribution >= 0.6 is 0 Å². The Morgan fingerprint density at radius 1 is 1.23 bits per heavy atom. The Balaban J connectivity index is 1.81. The summed E-state index contributed by atoms with van der Waals surface area (Å²) < 4.78 is 11.7. The summed E-state index contributed by atoms with van der Waals surface area (Å²) in [6.45, 7) is 5.87. The number of ether oxygens (including phenoxy) is 2. The van der Waals surface area contributed by atoms with Crippen LogP contribution in [0.15, 0.2) is 18.2 Å². The molecule has 7 nitrogen and oxygen atoms in total. The lowest BCUT2D eigenvalue weighted by atomic mass is 9.88. The number of likely N-dealkylation sites (N-methyl/N-ethyl adjacent to an activating group) is 1. The summed E-state index contributed by atoms with van der Waals surface area (Å²) in [4.78, 5) is 27.5. The highest BCUT2D eigenvalue weighted by atomic mass is 16.5. The Morgan fingerprint density at radius 3 is 2.68 bits per heavy atom. The van der Waals surface area contributed by atoms with Crippen LogP contribution < -0.4 is 15.4 Å². The van der Waals surface area contributed by atoms with Gasteiger partial charge in [-0.1, -0.05) is 26.2 Å². The van der Waals surface area contributed by atoms with Crippen molar-refractivity contribution in [1.82, 2.24) is 10.2 Å². The number of hydrogen-bond acceptors (Lipinski definition) is 5. The second kappa shape index (κ2) is 11.0. The molecule has 0 unspecified atom stereocenters. The van der Waals surface area contributed by atoms with Gasteiger partial charge in [-0.05, 0) is 37.8 Å². The van der Waals surface area contributed by atoms with E-state index in [1.165, 1.54) is 6.42 Å². The predicted octanol–water partition coefficient (Wildman–Crippen LogP) is 3.30. The second-order valence-corrected chi connectivity index (χ2v) is 9.09. The lowest BCUT2D eigenvalue weighted by molar-refractivity contribution is -0.120. The Morgan fingerprint density at radius 2 is 1.97 bits per heavy atom. The molecule has 172 valence electrons. The summed E-state index contributed by atoms with van der Waals surface area (Å²) in [7, 11) is 3.47. The fourth-order valence-electron chi connectivity index (χ4n) is 4.34. The standard InChI is InChI=1S/C24H37N3O4/c1-16-13-25-17(2)15-31-21-12-19(26-23(28)18-8-6-5-7-9-18)10-11-20(21)24(29)27(3)14-22(16)30-4/h10-12,16-18,22,25H,5-9,13-15H2,1-4H3,(H,26,28)/t16-,17-,22+/m0/s1. The molecule has 1 aromatic rings. The second-order valence-electron chi connectivity index (χ2n) is 9.09. The number of nitrogens with one attached hydrogen (secondary N) is 2. The molecule has 1 aliphatic carbocycles. The molecule has 1 saturated carbocycles. The molecule has 7 heteroatoms. The number of fused-ring (bicyclic) bond motifs is 1. The molecule has 31 heavy (non-hydrogen) atoms. The topological polar surface area (TPSA) is 79.9 Å². The molecule has 1 heterocycles. The molecular weight excluding hydrogens is 394 g/mol. The molecule has 0 radical (unpaired) electrons. The molecule has 3 rings (SSSR count). The number of benzene rings is 1. The van der Waals surface area contributed by atoms with Gasteiger partial charge in [0, 0.05) is 51.0 Å². The van der Waals surface area contributed by atoms with Crippen molar-refractivity contribution in [2.75, 3.05) is 39.2 Å². The quantitative estimate of drug-likeness (QED) is 0.768. The molecule has 2 aliphatic rings. The maximum absolute atomic E-state index is 13.2. The van der Waals surface area contributed by atoms with Gasteiger partial charge in [-0.3, -0.25) is 9.59 Å². The van der Waals surface area contributed by atoms with Crippen LogP contribution in [0.3, 0.4) is 0 Å². The van der Waals surface area contributed by atoms with E-state index in [1.807, 2.05) is 0 Å². The normalized spacial score (nSPS) is 26.3. The third-order valence-corrected chi connectivity index (χ3v) is 6.47. The van der Waals surface area contributed by atoms with Gasteiger partial charge in [0.2, 0.25) is 5.91 Å². The fraction of sp³-hybridized carbons (Fsp3) is 0.667. The maximum Gasteiger partial charge on any atom is 0.257 e. The zero-order chi connectivity index (χ0) is 22.4. The first-order valence-corrected chi connectivity index (χ1v) is 11.5. The molecule has 1 fully saturated rings. The van der Waals surface area contributed by atoms with Crippen molar-refractivity contribution < 1.29 is 19.1 Å². The van der Waals surface area contributed by atoms with E-state index in [2.05, 4.69) is 24.5 Å². The SMILES string of the molecule is CO[C@@H]1CN(C)C(=O)c2ccc(NC(=O)C3CCCCC3)cc2OC[C@H](C)NC[C@@H]1C. The van der Waals surface area contributed by atoms with Crippen LogP contribution in [0.25, 0.3) is 0 Å². The van der Waals surface area contributed by atoms with Gasteiger partial charge < -0.3 is 25.0 Å². The van der Waals surface area contributed by atoms with Crippen molar-refractivity contribution in [3.8, 4) is 5.75 Å². The van der Waals surface area contributed by atoms with Crippen LogP contribution in [0, 0.1) is 11.8 Å². The maximum atomic E-state index is 13.2. The molecule has 0 saturated heterocycles. The first-order valence-electron chi connectivity index (χ1n) is 11.5. The van der Waals surface area contributed by atoms with Crippen molar-refractivity contribution >= 4 is 17.5 Å². The lowest BCUT2D eigenvalue weighted by Gasteiger charge is -2.30. The number of carbonyl (C=O) groups excluding carboxylic acids is 2. The fourth-order valence-corrected chi connectivity index (χ4v) is 4.34. The zero-order valence-corrected chi connectivity index (χ0v) is 19.3. The minimum atomic E-state index is -0.115. The highest BCUT2D eigenvalue weighted by Gasteiger charge is 2.26. The van der Waals surface area contributed by atoms with Crippen LogP contribution in [0.5, 0.6) is 5.75 Å². The van der Waals surface area contributed by atoms with Gasteiger partial charge in [-0.15, -0.1) is 0 Å². The van der Waals surface area contributed by atoms with Crippen molar-refractivity contribution in [3.05, 3.63) is 23.8 Å². The minimum Gasteiger partial charge on any atom is -0.491 e. The molecule has 3 atom stereocenters. The van der Waals surface area contributed by atoms with E-state index in [9.17, 15) is 9.59 Å². The number of methoxy groups -OCH3 is 1. The highest BCUT2D eigenvalue weighted by molar-refractivity contribution is 5.98. The zero-order valence-electron chi connectivity index (χ0n) is 19.3. The number of nitrogens with zero attached hydrogens (tertiary/aromatic N) is 1. The number of carbonyl (C=O) groups is 2. The summed E-state index contributed by atoms with van der Waals surface area (Å²) in [5.41, 5.74) is 1.16. The Labute approximate surface area is 185 Å². The van der Waals surface area contributed by atoms with Gasteiger partial charge in [-0.25, -0.2) is 0 Å². The van der Waals surface area contributed by atoms with Crippen LogP contribution in [-0.4, -0.2) is 62.7 Å². The summed E-state index contributed by atoms with van der Waals surface area (Å²) in [5, 5.41) is 6.51. The van der Waals surface area contributed by atoms with E-state index in [-0.39, 0.29) is 35.8 Å². The van der Waals surface area contributed by atoms with Gasteiger partial charge in [0.25, 0.3) is 5.91 Å². The van der Waals surface area contributed by atoms with Crippen molar-refractivity contribution in [3.63, 3.8) is 0 Å². The van der Waals surface area contributed by atoms with Crippen molar-refractivity contribution in [1.29, 1.82) is 0 Å². The Hall–Kier alpha value is -2.12. The summed E-state index contributed by atoms with van der Waals surface area (Å²) in [6.07, 6.45) is 5.25. The van der Waals surface area contributed by atoms with Crippen LogP contribution in [-0.2, 0) is 9.53 Å². The van der Waals surface area contributed by atoms with E-state index in [4.69, 9.17) is 9.47 Å². The summed E-state index contributed by atoms with van der Waals surface area (Å²) in [6, 6.07) is 5.43. The predicted molar refractivity (Wildman–Crippen MR) is 122 cm³/mol. The first-order chi connectivity index (χ1) is 14.9. The van der Waals surface area contributed by atoms with E-state index in [0.29, 0.717) is 30.2 Å². The minimum absolute atomic E-state index is 0.0585. The molecule has 0 spiro atoms. The number of hydrogen-bond donors (Lipinski definition) is 2. The van der Waals surface area contributed by atoms with Gasteiger partial charge in [0.05, 0.1) is 11.7 Å². The molecule has 2 amide bonds. The monoisotopic (exact) mass is 431 g/mol. The lowest BCUT2D eigenvalue weighted by Crippen LogP contribution is -2.44. The Bertz CT molecular complexity index is 763. The van der Waals surface area contributed by atoms with Crippen molar-refractivity contribution in [2.24, 2.45) is 11.8 Å². The summed E-state index contributed by atoms with van der Waals surface area (Å²) in [5.74, 6) is 0.757. The molecular formula is C24H37N3O4. The molecule has 1 aliphatic heterocycles. The number of rotatable bonds is 3. The van der Waals surface area contributed by atoms with E-state index < -0.39 is 0 Å². The first kappa shape index (κ1) is 23.5. The number of amides is 2. The van der Waals surface area contributed by atoms with Gasteiger partial charge in [-0.2, -0.15) is 0 Å². The van der Waals surface area contributed by atoms with Crippen LogP contribution in [0.4, 0.5) is 5.69 Å². The average molecular weight is 432 g/mol. The highest BCUT2D eigenvalue weighted by Crippen LogP contribution is 2.28. The van der Waals surface area contributed by atoms with Crippen LogP contribution in [0.2, 0.25) is 0 Å². The largest absolute Gasteiger partial charge is 0.491 e. The van der Waals surface area contributed by atoms with E-state index in [1.54, 1.807) is 37.3 Å². The molecule has 0 bridgehead atoms. The van der Waals surface area contributed by atoms with Crippen LogP contribution in [0.1, 0.15) is 56.3 Å². The molecule has 1 aromatic carbocycles. The molecule has 0 aromatic heterocycles. The van der Waals surface area contributed by atoms with Gasteiger partial charge >= 0.3 is 0 Å². The van der Waals surface area contributed by atoms with Gasteiger partial charge in [0.15, 0.2) is 0 Å². The third-order valence-electron chi connectivity index (χ3n) is 6.47. The van der Waals surface area contributed by atoms with Crippen molar-refractivity contribution in [2.45, 2.75) is 58.1 Å². The summed E-state index contributed by atoms with van der Waals surface area (Å²) >= 11 is 0. The van der Waals surface area contributed by atoms with E-state index >= 15 is 0 Å². The average Bonchev–Trinajstić information content (AvgIpc) is 2.79. The Kier molecular flexibility index (Phi) is 8.32. The van der Waals surface area contributed by atoms with E-state index in [0.717, 1.165) is 32.2 Å². The third kappa shape index (κ3) is 6.20. The molecule has 2 N–H and O–H groups in total. The number of anilines is 1.